The zero-order chi connectivity index (χ0) is 18.7. The second kappa shape index (κ2) is 5.54. The van der Waals surface area contributed by atoms with Crippen LogP contribution in [-0.2, 0) is 9.59 Å². The van der Waals surface area contributed by atoms with Crippen molar-refractivity contribution in [2.45, 2.75) is 24.6 Å². The lowest BCUT2D eigenvalue weighted by Crippen LogP contribution is -2.52. The second-order valence-corrected chi connectivity index (χ2v) is 7.39. The van der Waals surface area contributed by atoms with Crippen molar-refractivity contribution in [3.8, 4) is 0 Å². The molecule has 2 amide bonds. The first kappa shape index (κ1) is 17.4. The van der Waals surface area contributed by atoms with Gasteiger partial charge in [0.05, 0.1) is 10.9 Å². The molecule has 124 valence electrons. The van der Waals surface area contributed by atoms with Gasteiger partial charge in [0.25, 0.3) is 5.56 Å². The molecule has 1 saturated heterocycles. The molecule has 0 aliphatic carbocycles. The van der Waals surface area contributed by atoms with Gasteiger partial charge in [0.15, 0.2) is 0 Å². The van der Waals surface area contributed by atoms with Crippen molar-refractivity contribution in [2.75, 3.05) is 5.73 Å². The van der Waals surface area contributed by atoms with Crippen LogP contribution in [0, 0.1) is 6.92 Å². The van der Waals surface area contributed by atoms with E-state index in [0.29, 0.717) is 22.4 Å². The van der Waals surface area contributed by atoms with Gasteiger partial charge in [-0.2, -0.15) is 0 Å². The smallest absolute Gasteiger partial charge is 0.264 e. The van der Waals surface area contributed by atoms with Crippen LogP contribution in [0.25, 0.3) is 10.9 Å². The van der Waals surface area contributed by atoms with Crippen molar-refractivity contribution in [1.29, 1.82) is 0 Å². The van der Waals surface area contributed by atoms with Crippen molar-refractivity contribution in [1.82, 2.24) is 14.9 Å². The molecule has 1 aliphatic heterocycles. The number of carbonyl (C=O) groups is 2. The molecule has 0 bridgehead atoms. The normalized spacial score (nSPS) is 19.8. The first-order chi connectivity index (χ1) is 11.5. The molecular weight excluding hydrogens is 315 g/mol. The number of nitrogens with one attached hydrogen (secondary N) is 1. The van der Waals surface area contributed by atoms with Crippen molar-refractivity contribution in [3.05, 3.63) is 22.2 Å². The third kappa shape index (κ3) is 2.58. The second-order valence-electron chi connectivity index (χ2n) is 7.39. The predicted molar refractivity (Wildman–Crippen MR) is 108 cm³/mol. The molecule has 1 aliphatic rings. The highest BCUT2D eigenvalue weighted by molar-refractivity contribution is 6.53. The van der Waals surface area contributed by atoms with Gasteiger partial charge in [-0.1, -0.05) is 10.9 Å². The predicted octanol–water partition coefficient (Wildman–Crippen LogP) is -5.23. The van der Waals surface area contributed by atoms with Gasteiger partial charge in [-0.25, -0.2) is 4.98 Å². The molecule has 1 aromatic heterocycles. The Morgan fingerprint density at radius 1 is 1.32 bits per heavy atom. The van der Waals surface area contributed by atoms with Crippen LogP contribution in [0.15, 0.2) is 10.9 Å². The summed E-state index contributed by atoms with van der Waals surface area (Å²) in [6.45, 7) is 1.69. The number of fused-ring (bicyclic) bond motifs is 1. The molecule has 2 heterocycles. The molecule has 1 aromatic carbocycles. The summed E-state index contributed by atoms with van der Waals surface area (Å²) in [6, 6.07) is 0.951. The molecule has 3 rings (SSSR count). The fourth-order valence-electron chi connectivity index (χ4n) is 3.38. The summed E-state index contributed by atoms with van der Waals surface area (Å²) < 4.78 is 1.36. The molecule has 0 saturated carbocycles. The van der Waals surface area contributed by atoms with E-state index in [2.05, 4.69) is 10.3 Å². The van der Waals surface area contributed by atoms with E-state index in [0.717, 1.165) is 10.9 Å². The number of benzene rings is 1. The molecule has 1 atom stereocenters. The Kier molecular flexibility index (Phi) is 3.85. The molecule has 2 aromatic rings. The van der Waals surface area contributed by atoms with E-state index in [9.17, 15) is 14.4 Å². The van der Waals surface area contributed by atoms with Crippen LogP contribution in [0.4, 0.5) is 5.69 Å². The quantitative estimate of drug-likeness (QED) is 0.308. The number of imide groups is 1. The Bertz CT molecular complexity index is 1000. The number of aromatic nitrogens is 2. The standard InChI is InChI=1S/C14H18B4N4O3/c1-4-20-10-8(6(19)2-5(15)9(10)16)12(24)22(4)7-3-14(17,18)13(25)21-11(7)23/h2,7H,3,15-19H2,1H3,(H,21,23,25). The van der Waals surface area contributed by atoms with Gasteiger partial charge in [0.2, 0.25) is 11.8 Å². The largest absolute Gasteiger partial charge is 0.398 e. The highest BCUT2D eigenvalue weighted by Gasteiger charge is 2.42. The van der Waals surface area contributed by atoms with Gasteiger partial charge in [-0.3, -0.25) is 24.3 Å². The number of nitrogens with zero attached hydrogens (tertiary/aromatic N) is 2. The zero-order valence-corrected chi connectivity index (χ0v) is 15.1. The Hall–Kier alpha value is -2.44. The zero-order valence-electron chi connectivity index (χ0n) is 15.1. The minimum absolute atomic E-state index is 0.232. The Morgan fingerprint density at radius 2 is 1.96 bits per heavy atom. The molecule has 1 unspecified atom stereocenters. The van der Waals surface area contributed by atoms with Crippen LogP contribution >= 0.6 is 0 Å². The summed E-state index contributed by atoms with van der Waals surface area (Å²) in [5, 5.41) is 1.92. The molecule has 1 fully saturated rings. The van der Waals surface area contributed by atoms with Crippen LogP contribution < -0.4 is 27.5 Å². The number of amides is 2. The van der Waals surface area contributed by atoms with E-state index >= 15 is 0 Å². The number of aryl methyl sites for hydroxylation is 1. The number of hydrogen-bond acceptors (Lipinski definition) is 5. The van der Waals surface area contributed by atoms with E-state index in [1.165, 1.54) is 4.57 Å². The maximum atomic E-state index is 13.1. The number of anilines is 1. The van der Waals surface area contributed by atoms with Gasteiger partial charge < -0.3 is 5.73 Å². The van der Waals surface area contributed by atoms with Gasteiger partial charge >= 0.3 is 0 Å². The number of rotatable bonds is 1. The minimum Gasteiger partial charge on any atom is -0.398 e. The van der Waals surface area contributed by atoms with Crippen LogP contribution in [-0.4, -0.2) is 52.8 Å². The van der Waals surface area contributed by atoms with Crippen LogP contribution in [0.3, 0.4) is 0 Å². The lowest BCUT2D eigenvalue weighted by Gasteiger charge is -2.34. The van der Waals surface area contributed by atoms with E-state index in [4.69, 9.17) is 5.73 Å². The van der Waals surface area contributed by atoms with Crippen LogP contribution in [0.2, 0.25) is 5.21 Å². The van der Waals surface area contributed by atoms with Gasteiger partial charge in [-0.05, 0) is 24.6 Å². The number of carbonyl (C=O) groups excluding carboxylic acids is 2. The van der Waals surface area contributed by atoms with E-state index in [-0.39, 0.29) is 17.9 Å². The van der Waals surface area contributed by atoms with Crippen molar-refractivity contribution in [2.24, 2.45) is 0 Å². The lowest BCUT2D eigenvalue weighted by molar-refractivity contribution is -0.136. The van der Waals surface area contributed by atoms with Crippen LogP contribution in [0.5, 0.6) is 0 Å². The van der Waals surface area contributed by atoms with Crippen molar-refractivity contribution < 1.29 is 9.59 Å². The van der Waals surface area contributed by atoms with Crippen molar-refractivity contribution in [3.63, 3.8) is 0 Å². The maximum Gasteiger partial charge on any atom is 0.264 e. The van der Waals surface area contributed by atoms with E-state index in [1.54, 1.807) is 28.7 Å². The fraction of sp³-hybridized carbons (Fsp3) is 0.286. The monoisotopic (exact) mass is 334 g/mol. The third-order valence-corrected chi connectivity index (χ3v) is 5.07. The fourth-order valence-corrected chi connectivity index (χ4v) is 3.38. The van der Waals surface area contributed by atoms with E-state index < -0.39 is 17.2 Å². The number of piperidine rings is 1. The summed E-state index contributed by atoms with van der Waals surface area (Å²) in [7, 11) is 7.30. The summed E-state index contributed by atoms with van der Waals surface area (Å²) in [5.41, 5.74) is 8.47. The molecule has 7 nitrogen and oxygen atoms in total. The lowest BCUT2D eigenvalue weighted by atomic mass is 9.50. The average Bonchev–Trinajstić information content (AvgIpc) is 2.49. The summed E-state index contributed by atoms with van der Waals surface area (Å²) in [6.07, 6.45) is 0.232. The highest BCUT2D eigenvalue weighted by Crippen LogP contribution is 2.33. The SMILES string of the molecule is Bc1cc(N)c2c(=O)n(C3CC(B)(B)C(=O)NC3=O)c(C)nc2c1B. The first-order valence-corrected chi connectivity index (χ1v) is 8.18. The summed E-state index contributed by atoms with van der Waals surface area (Å²) in [5.74, 6) is -0.395. The first-order valence-electron chi connectivity index (χ1n) is 8.18. The minimum atomic E-state index is -0.793. The number of nitrogen functional groups attached to an aromatic ring is 1. The Morgan fingerprint density at radius 3 is 2.60 bits per heavy atom. The van der Waals surface area contributed by atoms with Gasteiger partial charge in [0, 0.05) is 5.69 Å². The number of hydrogen-bond donors (Lipinski definition) is 2. The third-order valence-electron chi connectivity index (χ3n) is 5.07. The van der Waals surface area contributed by atoms with Gasteiger partial charge in [-0.15, -0.1) is 0 Å². The number of nitrogens with two attached hydrogens (primary N) is 1. The molecule has 11 heteroatoms. The maximum absolute atomic E-state index is 13.1. The van der Waals surface area contributed by atoms with Crippen molar-refractivity contribution >= 4 is 70.7 Å². The summed E-state index contributed by atoms with van der Waals surface area (Å²) in [4.78, 5) is 42.1. The van der Waals surface area contributed by atoms with E-state index in [1.807, 2.05) is 15.7 Å². The Balaban J connectivity index is 2.30. The molecule has 25 heavy (non-hydrogen) atoms. The average molecular weight is 334 g/mol. The molecule has 0 spiro atoms. The summed E-state index contributed by atoms with van der Waals surface area (Å²) >= 11 is 0. The van der Waals surface area contributed by atoms with Gasteiger partial charge in [0.1, 0.15) is 43.3 Å². The molecule has 0 radical (unpaired) electrons. The molecular formula is C14H18B4N4O3. The Labute approximate surface area is 148 Å². The van der Waals surface area contributed by atoms with Crippen LogP contribution in [0.1, 0.15) is 18.3 Å². The highest BCUT2D eigenvalue weighted by atomic mass is 16.2. The molecule has 3 N–H and O–H groups in total. The topological polar surface area (TPSA) is 107 Å².